The van der Waals surface area contributed by atoms with Gasteiger partial charge in [-0.05, 0) is 55.4 Å². The second-order valence-electron chi connectivity index (χ2n) is 6.71. The smallest absolute Gasteiger partial charge is 0.181 e. The fraction of sp³-hybridized carbons (Fsp3) is 0.500. The molecule has 116 valence electrons. The van der Waals surface area contributed by atoms with Crippen LogP contribution in [0.2, 0.25) is 0 Å². The fourth-order valence-electron chi connectivity index (χ4n) is 3.71. The van der Waals surface area contributed by atoms with Gasteiger partial charge in [-0.2, -0.15) is 0 Å². The van der Waals surface area contributed by atoms with Gasteiger partial charge in [0.2, 0.25) is 0 Å². The summed E-state index contributed by atoms with van der Waals surface area (Å²) >= 11 is 0. The van der Waals surface area contributed by atoms with Gasteiger partial charge in [0, 0.05) is 43.0 Å². The van der Waals surface area contributed by atoms with Gasteiger partial charge >= 0.3 is 0 Å². The van der Waals surface area contributed by atoms with Crippen molar-refractivity contribution < 1.29 is 9.84 Å². The van der Waals surface area contributed by atoms with Gasteiger partial charge < -0.3 is 14.7 Å². The zero-order valence-electron chi connectivity index (χ0n) is 13.0. The molecule has 22 heavy (non-hydrogen) atoms. The van der Waals surface area contributed by atoms with Crippen molar-refractivity contribution in [1.82, 2.24) is 4.98 Å². The average Bonchev–Trinajstić information content (AvgIpc) is 3.31. The molecule has 1 aromatic heterocycles. The van der Waals surface area contributed by atoms with Crippen molar-refractivity contribution in [1.29, 1.82) is 0 Å². The minimum Gasteiger partial charge on any atom is -0.371 e. The number of piperidine rings is 1. The molecule has 4 rings (SSSR count). The Kier molecular flexibility index (Phi) is 3.31. The molecule has 1 spiro atoms. The lowest BCUT2D eigenvalue weighted by Crippen LogP contribution is -2.36. The first-order valence-electron chi connectivity index (χ1n) is 8.05. The first-order valence-corrected chi connectivity index (χ1v) is 8.05. The third kappa shape index (κ3) is 2.36. The van der Waals surface area contributed by atoms with Crippen molar-refractivity contribution in [2.45, 2.75) is 32.0 Å². The van der Waals surface area contributed by atoms with Gasteiger partial charge in [-0.1, -0.05) is 0 Å². The van der Waals surface area contributed by atoms with Crippen LogP contribution in [0.4, 0.5) is 5.69 Å². The van der Waals surface area contributed by atoms with Crippen molar-refractivity contribution in [2.24, 2.45) is 5.41 Å². The number of nitrogens with zero attached hydrogens (tertiary/aromatic N) is 2. The number of hydrogen-bond acceptors (Lipinski definition) is 4. The number of aromatic nitrogens is 1. The number of hydrogen-bond donors (Lipinski definition) is 1. The number of anilines is 1. The third-order valence-electron chi connectivity index (χ3n) is 5.23. The van der Waals surface area contributed by atoms with Crippen LogP contribution in [0.1, 0.15) is 37.5 Å². The van der Waals surface area contributed by atoms with Crippen molar-refractivity contribution in [3.05, 3.63) is 36.0 Å². The lowest BCUT2D eigenvalue weighted by molar-refractivity contribution is -0.0759. The summed E-state index contributed by atoms with van der Waals surface area (Å²) in [6.45, 7) is 2.29. The Morgan fingerprint density at radius 1 is 1.27 bits per heavy atom. The van der Waals surface area contributed by atoms with Crippen molar-refractivity contribution in [3.8, 4) is 0 Å². The number of benzene rings is 1. The minimum absolute atomic E-state index is 0.594. The van der Waals surface area contributed by atoms with Crippen LogP contribution in [-0.2, 0) is 4.74 Å². The number of ether oxygens (including phenoxy) is 1. The van der Waals surface area contributed by atoms with E-state index in [9.17, 15) is 5.11 Å². The number of methoxy groups -OCH3 is 1. The van der Waals surface area contributed by atoms with Gasteiger partial charge in [0.05, 0.1) is 5.52 Å². The van der Waals surface area contributed by atoms with Gasteiger partial charge in [-0.3, -0.25) is 4.98 Å². The Morgan fingerprint density at radius 2 is 2.14 bits per heavy atom. The topological polar surface area (TPSA) is 45.6 Å². The predicted molar refractivity (Wildman–Crippen MR) is 86.8 cm³/mol. The van der Waals surface area contributed by atoms with Crippen molar-refractivity contribution >= 4 is 16.6 Å². The molecule has 4 nitrogen and oxygen atoms in total. The highest BCUT2D eigenvalue weighted by atomic mass is 16.6. The van der Waals surface area contributed by atoms with Crippen LogP contribution in [0.3, 0.4) is 0 Å². The summed E-state index contributed by atoms with van der Waals surface area (Å²) in [4.78, 5) is 6.89. The Hall–Kier alpha value is -1.65. The van der Waals surface area contributed by atoms with Crippen LogP contribution >= 0.6 is 0 Å². The Labute approximate surface area is 130 Å². The van der Waals surface area contributed by atoms with Crippen LogP contribution < -0.4 is 4.90 Å². The van der Waals surface area contributed by atoms with E-state index < -0.39 is 6.29 Å². The van der Waals surface area contributed by atoms with E-state index in [2.05, 4.69) is 22.0 Å². The zero-order valence-corrected chi connectivity index (χ0v) is 13.0. The molecule has 2 aromatic rings. The molecule has 0 amide bonds. The lowest BCUT2D eigenvalue weighted by Gasteiger charge is -2.35. The van der Waals surface area contributed by atoms with Gasteiger partial charge in [0.25, 0.3) is 0 Å². The first-order chi connectivity index (χ1) is 10.7. The molecule has 1 aliphatic carbocycles. The highest BCUT2D eigenvalue weighted by molar-refractivity contribution is 5.85. The average molecular weight is 298 g/mol. The predicted octanol–water partition coefficient (Wildman–Crippen LogP) is 3.25. The van der Waals surface area contributed by atoms with Crippen LogP contribution in [0, 0.1) is 5.41 Å². The molecule has 2 fully saturated rings. The Balaban J connectivity index is 1.73. The monoisotopic (exact) mass is 298 g/mol. The number of aliphatic hydroxyl groups is 1. The first kappa shape index (κ1) is 14.0. The number of fused-ring (bicyclic) bond motifs is 1. The van der Waals surface area contributed by atoms with Crippen molar-refractivity contribution in [3.63, 3.8) is 0 Å². The van der Waals surface area contributed by atoms with Gasteiger partial charge in [0.1, 0.15) is 0 Å². The molecule has 2 aliphatic rings. The van der Waals surface area contributed by atoms with Crippen LogP contribution in [0.25, 0.3) is 10.9 Å². The number of rotatable bonds is 3. The van der Waals surface area contributed by atoms with E-state index in [1.807, 2.05) is 12.1 Å². The molecule has 1 saturated heterocycles. The van der Waals surface area contributed by atoms with E-state index in [1.54, 1.807) is 6.20 Å². The van der Waals surface area contributed by atoms with E-state index in [4.69, 9.17) is 4.74 Å². The summed E-state index contributed by atoms with van der Waals surface area (Å²) in [5, 5.41) is 11.0. The third-order valence-corrected chi connectivity index (χ3v) is 5.23. The molecule has 1 saturated carbocycles. The molecule has 1 atom stereocenters. The summed E-state index contributed by atoms with van der Waals surface area (Å²) in [5.41, 5.74) is 3.51. The number of pyridine rings is 1. The standard InChI is InChI=1S/C18H22N2O2/c1-22-17(21)14-5-9-19-16-4-3-13(11-15(14)16)20-10-2-6-18(12-20)7-8-18/h3-5,9,11,17,21H,2,6-8,10,12H2,1H3. The molecule has 0 radical (unpaired) electrons. The highest BCUT2D eigenvalue weighted by Gasteiger charge is 2.45. The molecule has 1 aliphatic heterocycles. The molecule has 4 heteroatoms. The van der Waals surface area contributed by atoms with Crippen LogP contribution in [0.5, 0.6) is 0 Å². The Bertz CT molecular complexity index is 697. The fourth-order valence-corrected chi connectivity index (χ4v) is 3.71. The lowest BCUT2D eigenvalue weighted by atomic mass is 9.94. The molecular weight excluding hydrogens is 276 g/mol. The zero-order chi connectivity index (χ0) is 15.2. The van der Waals surface area contributed by atoms with Gasteiger partial charge in [-0.15, -0.1) is 0 Å². The van der Waals surface area contributed by atoms with E-state index in [0.29, 0.717) is 5.41 Å². The summed E-state index contributed by atoms with van der Waals surface area (Å²) in [6.07, 6.45) is 6.24. The van der Waals surface area contributed by atoms with Gasteiger partial charge in [0.15, 0.2) is 6.29 Å². The van der Waals surface area contributed by atoms with E-state index >= 15 is 0 Å². The normalized spacial score (nSPS) is 21.3. The second kappa shape index (κ2) is 5.21. The van der Waals surface area contributed by atoms with E-state index in [0.717, 1.165) is 23.0 Å². The van der Waals surface area contributed by atoms with E-state index in [1.165, 1.54) is 45.0 Å². The molecule has 2 heterocycles. The van der Waals surface area contributed by atoms with E-state index in [-0.39, 0.29) is 0 Å². The number of aliphatic hydroxyl groups excluding tert-OH is 1. The van der Waals surface area contributed by atoms with Crippen molar-refractivity contribution in [2.75, 3.05) is 25.1 Å². The van der Waals surface area contributed by atoms with Crippen LogP contribution in [-0.4, -0.2) is 30.3 Å². The maximum absolute atomic E-state index is 10.1. The molecule has 1 aromatic carbocycles. The summed E-state index contributed by atoms with van der Waals surface area (Å²) in [6, 6.07) is 8.19. The molecule has 1 N–H and O–H groups in total. The summed E-state index contributed by atoms with van der Waals surface area (Å²) in [7, 11) is 1.52. The maximum atomic E-state index is 10.1. The molecule has 1 unspecified atom stereocenters. The minimum atomic E-state index is -0.906. The van der Waals surface area contributed by atoms with Crippen LogP contribution in [0.15, 0.2) is 30.5 Å². The highest BCUT2D eigenvalue weighted by Crippen LogP contribution is 2.52. The maximum Gasteiger partial charge on any atom is 0.181 e. The SMILES string of the molecule is COC(O)c1ccnc2ccc(N3CCCC4(CC4)C3)cc12. The largest absolute Gasteiger partial charge is 0.371 e. The molecular formula is C18H22N2O2. The van der Waals surface area contributed by atoms with Gasteiger partial charge in [-0.25, -0.2) is 0 Å². The summed E-state index contributed by atoms with van der Waals surface area (Å²) < 4.78 is 5.09. The second-order valence-corrected chi connectivity index (χ2v) is 6.71. The quantitative estimate of drug-likeness (QED) is 0.884. The molecule has 0 bridgehead atoms. The Morgan fingerprint density at radius 3 is 2.91 bits per heavy atom. The summed E-state index contributed by atoms with van der Waals surface area (Å²) in [5.74, 6) is 0.